The van der Waals surface area contributed by atoms with Crippen molar-refractivity contribution in [3.8, 4) is 0 Å². The number of quaternary nitrogens is 1. The first-order valence-corrected chi connectivity index (χ1v) is 7.11. The first kappa shape index (κ1) is 11.1. The molecule has 1 aliphatic heterocycles. The molecule has 92 valence electrons. The molecule has 16 heavy (non-hydrogen) atoms. The summed E-state index contributed by atoms with van der Waals surface area (Å²) in [5.41, 5.74) is 2.00. The molecule has 1 spiro atoms. The fraction of sp³-hybridized carbons (Fsp3) is 1.00. The van der Waals surface area contributed by atoms with Crippen LogP contribution in [0.5, 0.6) is 0 Å². The van der Waals surface area contributed by atoms with Gasteiger partial charge in [0.1, 0.15) is 5.54 Å². The Hall–Kier alpha value is -0.0400. The molecular weight excluding hydrogens is 194 g/mol. The molecule has 1 heterocycles. The van der Waals surface area contributed by atoms with Gasteiger partial charge in [-0.15, -0.1) is 0 Å². The molecule has 0 bridgehead atoms. The molecule has 0 N–H and O–H groups in total. The van der Waals surface area contributed by atoms with Gasteiger partial charge in [0.05, 0.1) is 26.1 Å². The molecule has 0 radical (unpaired) electrons. The minimum Gasteiger partial charge on any atom is -0.323 e. The largest absolute Gasteiger partial charge is 0.323 e. The summed E-state index contributed by atoms with van der Waals surface area (Å²) in [6, 6.07) is 0. The number of fused-ring (bicyclic) bond motifs is 3. The van der Waals surface area contributed by atoms with Crippen molar-refractivity contribution in [3.05, 3.63) is 0 Å². The summed E-state index contributed by atoms with van der Waals surface area (Å²) in [5, 5.41) is 0. The van der Waals surface area contributed by atoms with Gasteiger partial charge in [0.15, 0.2) is 0 Å². The van der Waals surface area contributed by atoms with Gasteiger partial charge >= 0.3 is 0 Å². The second-order valence-electron chi connectivity index (χ2n) is 7.81. The van der Waals surface area contributed by atoms with E-state index in [9.17, 15) is 0 Å². The van der Waals surface area contributed by atoms with Crippen LogP contribution in [-0.2, 0) is 0 Å². The monoisotopic (exact) mass is 222 g/mol. The van der Waals surface area contributed by atoms with E-state index < -0.39 is 0 Å². The smallest absolute Gasteiger partial charge is 0.105 e. The van der Waals surface area contributed by atoms with Crippen LogP contribution in [0.15, 0.2) is 0 Å². The Morgan fingerprint density at radius 3 is 2.25 bits per heavy atom. The molecule has 1 heteroatoms. The van der Waals surface area contributed by atoms with E-state index in [1.165, 1.54) is 30.3 Å². The van der Waals surface area contributed by atoms with Crippen LogP contribution in [0, 0.1) is 22.7 Å². The van der Waals surface area contributed by atoms with E-state index in [-0.39, 0.29) is 0 Å². The third kappa shape index (κ3) is 0.723. The highest BCUT2D eigenvalue weighted by molar-refractivity contribution is 5.36. The van der Waals surface area contributed by atoms with Crippen LogP contribution in [0.2, 0.25) is 0 Å². The van der Waals surface area contributed by atoms with Gasteiger partial charge in [0.2, 0.25) is 0 Å². The van der Waals surface area contributed by atoms with Gasteiger partial charge in [-0.1, -0.05) is 20.3 Å². The van der Waals surface area contributed by atoms with E-state index in [1.54, 1.807) is 0 Å². The summed E-state index contributed by atoms with van der Waals surface area (Å²) in [5.74, 6) is 2.03. The molecule has 0 aromatic heterocycles. The minimum atomic E-state index is 0.512. The summed E-state index contributed by atoms with van der Waals surface area (Å²) in [6.45, 7) is 11.4. The molecule has 3 fully saturated rings. The van der Waals surface area contributed by atoms with Crippen LogP contribution >= 0.6 is 0 Å². The van der Waals surface area contributed by atoms with E-state index in [0.717, 1.165) is 22.7 Å². The topological polar surface area (TPSA) is 0 Å². The molecule has 4 atom stereocenters. The molecule has 3 rings (SSSR count). The van der Waals surface area contributed by atoms with Crippen LogP contribution in [0.25, 0.3) is 0 Å². The Morgan fingerprint density at radius 2 is 1.94 bits per heavy atom. The summed E-state index contributed by atoms with van der Waals surface area (Å²) < 4.78 is 1.24. The summed E-state index contributed by atoms with van der Waals surface area (Å²) >= 11 is 0. The van der Waals surface area contributed by atoms with Crippen LogP contribution in [-0.4, -0.2) is 30.7 Å². The van der Waals surface area contributed by atoms with Gasteiger partial charge in [-0.2, -0.15) is 0 Å². The highest BCUT2D eigenvalue weighted by Gasteiger charge is 2.94. The Labute approximate surface area is 101 Å². The van der Waals surface area contributed by atoms with Gasteiger partial charge in [-0.3, -0.25) is 0 Å². The highest BCUT2D eigenvalue weighted by atomic mass is 15.5. The molecule has 1 saturated heterocycles. The van der Waals surface area contributed by atoms with Crippen molar-refractivity contribution >= 4 is 0 Å². The van der Waals surface area contributed by atoms with Gasteiger partial charge in [0.25, 0.3) is 0 Å². The van der Waals surface area contributed by atoms with Crippen LogP contribution < -0.4 is 0 Å². The van der Waals surface area contributed by atoms with Crippen LogP contribution in [0.3, 0.4) is 0 Å². The average Bonchev–Trinajstić information content (AvgIpc) is 2.57. The molecule has 0 amide bonds. The summed E-state index contributed by atoms with van der Waals surface area (Å²) in [4.78, 5) is 0. The third-order valence-corrected chi connectivity index (χ3v) is 7.55. The first-order chi connectivity index (χ1) is 7.28. The van der Waals surface area contributed by atoms with Crippen molar-refractivity contribution in [2.24, 2.45) is 22.7 Å². The van der Waals surface area contributed by atoms with E-state index in [4.69, 9.17) is 0 Å². The third-order valence-electron chi connectivity index (χ3n) is 7.55. The van der Waals surface area contributed by atoms with E-state index in [0.29, 0.717) is 5.54 Å². The molecule has 0 aromatic carbocycles. The number of hydrogen-bond donors (Lipinski definition) is 0. The lowest BCUT2D eigenvalue weighted by atomic mass is 9.63. The number of nitrogens with zero attached hydrogens (tertiary/aromatic N) is 1. The van der Waals surface area contributed by atoms with E-state index >= 15 is 0 Å². The maximum Gasteiger partial charge on any atom is 0.105 e. The fourth-order valence-electron chi connectivity index (χ4n) is 5.90. The van der Waals surface area contributed by atoms with Crippen molar-refractivity contribution < 1.29 is 4.48 Å². The lowest BCUT2D eigenvalue weighted by Crippen LogP contribution is -2.76. The zero-order valence-electron chi connectivity index (χ0n) is 11.9. The molecule has 2 saturated carbocycles. The standard InChI is InChI=1S/C15H28N/c1-7-11(2)14-9-8-12(14)15(14)10-16(5,6)13(15,3)4/h11-12H,7-10H2,1-6H3/q+1. The second-order valence-corrected chi connectivity index (χ2v) is 7.81. The Bertz CT molecular complexity index is 343. The molecule has 2 aliphatic carbocycles. The predicted octanol–water partition coefficient (Wildman–Crippen LogP) is 3.30. The highest BCUT2D eigenvalue weighted by Crippen LogP contribution is 2.91. The maximum atomic E-state index is 2.53. The summed E-state index contributed by atoms with van der Waals surface area (Å²) in [6.07, 6.45) is 4.42. The van der Waals surface area contributed by atoms with Crippen molar-refractivity contribution in [2.45, 2.75) is 52.5 Å². The van der Waals surface area contributed by atoms with Crippen molar-refractivity contribution in [3.63, 3.8) is 0 Å². The van der Waals surface area contributed by atoms with E-state index in [2.05, 4.69) is 41.8 Å². The second kappa shape index (κ2) is 2.53. The number of rotatable bonds is 2. The first-order valence-electron chi connectivity index (χ1n) is 7.11. The van der Waals surface area contributed by atoms with Crippen molar-refractivity contribution in [1.29, 1.82) is 0 Å². The van der Waals surface area contributed by atoms with Crippen LogP contribution in [0.1, 0.15) is 47.0 Å². The minimum absolute atomic E-state index is 0.512. The molecule has 3 aliphatic rings. The number of hydrogen-bond acceptors (Lipinski definition) is 0. The quantitative estimate of drug-likeness (QED) is 0.629. The lowest BCUT2D eigenvalue weighted by molar-refractivity contribution is -0.999. The Morgan fingerprint density at radius 1 is 1.31 bits per heavy atom. The van der Waals surface area contributed by atoms with Crippen LogP contribution in [0.4, 0.5) is 0 Å². The van der Waals surface area contributed by atoms with Gasteiger partial charge < -0.3 is 4.48 Å². The molecule has 4 unspecified atom stereocenters. The molecule has 0 aromatic rings. The SMILES string of the molecule is CCC(C)C12CCC1C21C[N+](C)(C)C1(C)C. The summed E-state index contributed by atoms with van der Waals surface area (Å²) in [7, 11) is 4.85. The number of likely N-dealkylation sites (tertiary alicyclic amines) is 1. The average molecular weight is 222 g/mol. The predicted molar refractivity (Wildman–Crippen MR) is 68.1 cm³/mol. The van der Waals surface area contributed by atoms with Gasteiger partial charge in [0, 0.05) is 0 Å². The lowest BCUT2D eigenvalue weighted by Gasteiger charge is -2.62. The zero-order valence-corrected chi connectivity index (χ0v) is 11.9. The van der Waals surface area contributed by atoms with Gasteiger partial charge in [-0.05, 0) is 43.9 Å². The van der Waals surface area contributed by atoms with E-state index in [1.807, 2.05) is 0 Å². The normalized spacial score (nSPS) is 52.5. The molecule has 1 nitrogen and oxygen atoms in total. The fourth-order valence-corrected chi connectivity index (χ4v) is 5.90. The Kier molecular flexibility index (Phi) is 1.75. The Balaban J connectivity index is 1.95. The zero-order chi connectivity index (χ0) is 12.0. The van der Waals surface area contributed by atoms with Gasteiger partial charge in [-0.25, -0.2) is 0 Å². The van der Waals surface area contributed by atoms with Crippen molar-refractivity contribution in [2.75, 3.05) is 20.6 Å². The maximum absolute atomic E-state index is 2.53. The van der Waals surface area contributed by atoms with Crippen molar-refractivity contribution in [1.82, 2.24) is 0 Å². The molecular formula is C15H28N+.